The lowest BCUT2D eigenvalue weighted by atomic mass is 9.92. The number of nitrogens with one attached hydrogen (secondary N) is 1. The molecule has 1 aromatic rings. The number of hydrogen-bond acceptors (Lipinski definition) is 2. The summed E-state index contributed by atoms with van der Waals surface area (Å²) in [6, 6.07) is 7.35. The molecule has 1 aliphatic carbocycles. The summed E-state index contributed by atoms with van der Waals surface area (Å²) in [5, 5.41) is 11.9. The van der Waals surface area contributed by atoms with Gasteiger partial charge in [-0.15, -0.1) is 0 Å². The van der Waals surface area contributed by atoms with Crippen LogP contribution < -0.4 is 5.32 Å². The maximum absolute atomic E-state index is 11.4. The minimum absolute atomic E-state index is 0.320. The highest BCUT2D eigenvalue weighted by molar-refractivity contribution is 5.88. The molecule has 0 saturated carbocycles. The van der Waals surface area contributed by atoms with Gasteiger partial charge in [-0.05, 0) is 24.0 Å². The van der Waals surface area contributed by atoms with E-state index in [2.05, 4.69) is 5.32 Å². The Balaban J connectivity index is 2.51. The van der Waals surface area contributed by atoms with E-state index in [0.29, 0.717) is 18.4 Å². The molecular formula is C12H13NO3. The molecule has 4 heteroatoms. The van der Waals surface area contributed by atoms with E-state index in [-0.39, 0.29) is 5.91 Å². The Kier molecular flexibility index (Phi) is 2.42. The van der Waals surface area contributed by atoms with E-state index in [1.807, 2.05) is 12.1 Å². The Hall–Kier alpha value is -1.84. The van der Waals surface area contributed by atoms with Gasteiger partial charge in [0.25, 0.3) is 0 Å². The quantitative estimate of drug-likeness (QED) is 0.781. The molecule has 0 aliphatic heterocycles. The van der Waals surface area contributed by atoms with Gasteiger partial charge in [-0.25, -0.2) is 4.79 Å². The Morgan fingerprint density at radius 2 is 2.06 bits per heavy atom. The molecule has 16 heavy (non-hydrogen) atoms. The van der Waals surface area contributed by atoms with Crippen molar-refractivity contribution in [2.75, 3.05) is 0 Å². The number of carboxylic acids is 1. The van der Waals surface area contributed by atoms with Gasteiger partial charge in [-0.2, -0.15) is 0 Å². The van der Waals surface area contributed by atoms with Crippen molar-refractivity contribution in [1.29, 1.82) is 0 Å². The molecule has 84 valence electrons. The van der Waals surface area contributed by atoms with Crippen molar-refractivity contribution in [3.63, 3.8) is 0 Å². The van der Waals surface area contributed by atoms with Crippen LogP contribution in [0.5, 0.6) is 0 Å². The molecule has 1 atom stereocenters. The Bertz CT molecular complexity index is 455. The number of benzene rings is 1. The van der Waals surface area contributed by atoms with Gasteiger partial charge >= 0.3 is 5.97 Å². The minimum Gasteiger partial charge on any atom is -0.479 e. The summed E-state index contributed by atoms with van der Waals surface area (Å²) in [7, 11) is 0. The van der Waals surface area contributed by atoms with Gasteiger partial charge in [0.05, 0.1) is 0 Å². The monoisotopic (exact) mass is 219 g/mol. The summed E-state index contributed by atoms with van der Waals surface area (Å²) in [6.07, 6.45) is 1.10. The van der Waals surface area contributed by atoms with Gasteiger partial charge in [-0.3, -0.25) is 4.79 Å². The Morgan fingerprint density at radius 1 is 1.38 bits per heavy atom. The van der Waals surface area contributed by atoms with Crippen LogP contribution in [0.25, 0.3) is 0 Å². The zero-order chi connectivity index (χ0) is 11.8. The number of aryl methyl sites for hydroxylation is 1. The van der Waals surface area contributed by atoms with Crippen molar-refractivity contribution in [2.24, 2.45) is 0 Å². The van der Waals surface area contributed by atoms with Crippen molar-refractivity contribution in [3.05, 3.63) is 35.4 Å². The van der Waals surface area contributed by atoms with Crippen molar-refractivity contribution in [1.82, 2.24) is 5.32 Å². The van der Waals surface area contributed by atoms with Crippen LogP contribution in [-0.2, 0) is 21.5 Å². The average Bonchev–Trinajstić information content (AvgIpc) is 2.58. The molecule has 0 fully saturated rings. The second kappa shape index (κ2) is 3.63. The second-order valence-corrected chi connectivity index (χ2v) is 4.05. The summed E-state index contributed by atoms with van der Waals surface area (Å²) >= 11 is 0. The molecule has 0 bridgehead atoms. The van der Waals surface area contributed by atoms with E-state index in [1.165, 1.54) is 6.92 Å². The molecule has 0 spiro atoms. The van der Waals surface area contributed by atoms with Crippen LogP contribution in [0, 0.1) is 0 Å². The van der Waals surface area contributed by atoms with Crippen LogP contribution in [0.4, 0.5) is 0 Å². The van der Waals surface area contributed by atoms with Gasteiger partial charge in [0.15, 0.2) is 5.54 Å². The summed E-state index contributed by atoms with van der Waals surface area (Å²) in [5.41, 5.74) is 0.471. The normalized spacial score (nSPS) is 22.6. The fourth-order valence-electron chi connectivity index (χ4n) is 2.32. The maximum atomic E-state index is 11.4. The fourth-order valence-corrected chi connectivity index (χ4v) is 2.32. The van der Waals surface area contributed by atoms with Crippen LogP contribution in [0.2, 0.25) is 0 Å². The smallest absolute Gasteiger partial charge is 0.334 e. The van der Waals surface area contributed by atoms with E-state index in [0.717, 1.165) is 5.56 Å². The van der Waals surface area contributed by atoms with Gasteiger partial charge < -0.3 is 10.4 Å². The van der Waals surface area contributed by atoms with Gasteiger partial charge in [0, 0.05) is 6.92 Å². The highest BCUT2D eigenvalue weighted by Gasteiger charge is 2.46. The van der Waals surface area contributed by atoms with Gasteiger partial charge in [0.2, 0.25) is 5.91 Å². The molecule has 0 aromatic heterocycles. The molecule has 1 aromatic carbocycles. The third kappa shape index (κ3) is 1.46. The first-order valence-corrected chi connectivity index (χ1v) is 5.17. The zero-order valence-electron chi connectivity index (χ0n) is 8.99. The first kappa shape index (κ1) is 10.7. The van der Waals surface area contributed by atoms with E-state index in [1.54, 1.807) is 12.1 Å². The van der Waals surface area contributed by atoms with E-state index in [4.69, 9.17) is 0 Å². The number of carboxylic acid groups (broad SMARTS) is 1. The third-order valence-electron chi connectivity index (χ3n) is 3.00. The van der Waals surface area contributed by atoms with Crippen LogP contribution in [0.1, 0.15) is 24.5 Å². The van der Waals surface area contributed by atoms with Crippen LogP contribution in [0.15, 0.2) is 24.3 Å². The lowest BCUT2D eigenvalue weighted by Crippen LogP contribution is -2.49. The number of amides is 1. The second-order valence-electron chi connectivity index (χ2n) is 4.05. The summed E-state index contributed by atoms with van der Waals surface area (Å²) < 4.78 is 0. The number of rotatable bonds is 2. The predicted molar refractivity (Wildman–Crippen MR) is 57.9 cm³/mol. The largest absolute Gasteiger partial charge is 0.479 e. The molecular weight excluding hydrogens is 206 g/mol. The first-order valence-electron chi connectivity index (χ1n) is 5.17. The van der Waals surface area contributed by atoms with Crippen LogP contribution >= 0.6 is 0 Å². The van der Waals surface area contributed by atoms with E-state index < -0.39 is 11.5 Å². The molecule has 2 N–H and O–H groups in total. The fraction of sp³-hybridized carbons (Fsp3) is 0.333. The SMILES string of the molecule is CC(=O)NC1(C(=O)O)CCc2ccccc21. The minimum atomic E-state index is -1.23. The Labute approximate surface area is 93.3 Å². The molecule has 1 unspecified atom stereocenters. The van der Waals surface area contributed by atoms with Gasteiger partial charge in [-0.1, -0.05) is 24.3 Å². The number of aliphatic carboxylic acids is 1. The predicted octanol–water partition coefficient (Wildman–Crippen LogP) is 1.05. The van der Waals surface area contributed by atoms with Crippen molar-refractivity contribution >= 4 is 11.9 Å². The van der Waals surface area contributed by atoms with Crippen molar-refractivity contribution in [2.45, 2.75) is 25.3 Å². The third-order valence-corrected chi connectivity index (χ3v) is 3.00. The number of fused-ring (bicyclic) bond motifs is 1. The molecule has 0 radical (unpaired) electrons. The summed E-state index contributed by atoms with van der Waals surface area (Å²) in [6.45, 7) is 1.34. The number of hydrogen-bond donors (Lipinski definition) is 2. The first-order chi connectivity index (χ1) is 7.56. The lowest BCUT2D eigenvalue weighted by Gasteiger charge is -2.26. The number of carbonyl (C=O) groups excluding carboxylic acids is 1. The standard InChI is InChI=1S/C12H13NO3/c1-8(14)13-12(11(15)16)7-6-9-4-2-3-5-10(9)12/h2-5H,6-7H2,1H3,(H,13,14)(H,15,16). The van der Waals surface area contributed by atoms with Crippen molar-refractivity contribution in [3.8, 4) is 0 Å². The highest BCUT2D eigenvalue weighted by atomic mass is 16.4. The van der Waals surface area contributed by atoms with E-state index in [9.17, 15) is 14.7 Å². The Morgan fingerprint density at radius 3 is 2.69 bits per heavy atom. The molecule has 1 amide bonds. The average molecular weight is 219 g/mol. The molecule has 4 nitrogen and oxygen atoms in total. The number of carbonyl (C=O) groups is 2. The molecule has 2 rings (SSSR count). The van der Waals surface area contributed by atoms with Crippen LogP contribution in [-0.4, -0.2) is 17.0 Å². The van der Waals surface area contributed by atoms with E-state index >= 15 is 0 Å². The highest BCUT2D eigenvalue weighted by Crippen LogP contribution is 2.36. The molecule has 0 saturated heterocycles. The zero-order valence-corrected chi connectivity index (χ0v) is 8.99. The topological polar surface area (TPSA) is 66.4 Å². The maximum Gasteiger partial charge on any atom is 0.334 e. The summed E-state index contributed by atoms with van der Waals surface area (Å²) in [5.74, 6) is -1.31. The molecule has 0 heterocycles. The van der Waals surface area contributed by atoms with Crippen molar-refractivity contribution < 1.29 is 14.7 Å². The van der Waals surface area contributed by atoms with Gasteiger partial charge in [0.1, 0.15) is 0 Å². The summed E-state index contributed by atoms with van der Waals surface area (Å²) in [4.78, 5) is 22.6. The molecule has 1 aliphatic rings. The lowest BCUT2D eigenvalue weighted by molar-refractivity contribution is -0.147. The van der Waals surface area contributed by atoms with Crippen LogP contribution in [0.3, 0.4) is 0 Å².